The molecule has 2 rings (SSSR count). The minimum atomic E-state index is 0.395. The normalized spacial score (nSPS) is 9.65. The third kappa shape index (κ3) is 2.74. The summed E-state index contributed by atoms with van der Waals surface area (Å²) in [7, 11) is 1.55. The van der Waals surface area contributed by atoms with E-state index in [0.717, 1.165) is 5.69 Å². The summed E-state index contributed by atoms with van der Waals surface area (Å²) >= 11 is 1.53. The summed E-state index contributed by atoms with van der Waals surface area (Å²) in [6.45, 7) is 0.395. The molecule has 0 aliphatic rings. The molecule has 0 fully saturated rings. The maximum atomic E-state index is 8.77. The van der Waals surface area contributed by atoms with Crippen LogP contribution < -0.4 is 9.47 Å². The zero-order valence-electron chi connectivity index (χ0n) is 9.21. The minimum Gasteiger partial charge on any atom is -0.493 e. The maximum absolute atomic E-state index is 8.77. The number of rotatable bonds is 4. The van der Waals surface area contributed by atoms with E-state index in [1.54, 1.807) is 30.8 Å². The molecular formula is C12H10N2O2S. The van der Waals surface area contributed by atoms with Crippen LogP contribution in [-0.4, -0.2) is 12.1 Å². The number of aromatic nitrogens is 1. The Morgan fingerprint density at radius 1 is 1.41 bits per heavy atom. The van der Waals surface area contributed by atoms with Crippen LogP contribution in [-0.2, 0) is 6.61 Å². The van der Waals surface area contributed by atoms with Crippen LogP contribution in [0.25, 0.3) is 0 Å². The molecule has 0 amide bonds. The third-order valence-corrected chi connectivity index (χ3v) is 2.79. The first-order chi connectivity index (χ1) is 8.33. The van der Waals surface area contributed by atoms with Gasteiger partial charge in [0.25, 0.3) is 0 Å². The van der Waals surface area contributed by atoms with Gasteiger partial charge in [-0.25, -0.2) is 4.98 Å². The van der Waals surface area contributed by atoms with Gasteiger partial charge < -0.3 is 9.47 Å². The number of nitriles is 1. The Hall–Kier alpha value is -2.06. The summed E-state index contributed by atoms with van der Waals surface area (Å²) in [6, 6.07) is 7.12. The average Bonchev–Trinajstić information content (AvgIpc) is 2.89. The number of hydrogen-bond donors (Lipinski definition) is 0. The van der Waals surface area contributed by atoms with Crippen molar-refractivity contribution in [3.05, 3.63) is 40.3 Å². The van der Waals surface area contributed by atoms with Crippen molar-refractivity contribution < 1.29 is 9.47 Å². The Morgan fingerprint density at radius 2 is 2.29 bits per heavy atom. The van der Waals surface area contributed by atoms with Crippen LogP contribution in [0.4, 0.5) is 0 Å². The topological polar surface area (TPSA) is 55.1 Å². The van der Waals surface area contributed by atoms with E-state index in [4.69, 9.17) is 14.7 Å². The third-order valence-electron chi connectivity index (χ3n) is 2.15. The fraction of sp³-hybridized carbons (Fsp3) is 0.167. The van der Waals surface area contributed by atoms with E-state index in [2.05, 4.69) is 11.1 Å². The van der Waals surface area contributed by atoms with Gasteiger partial charge in [-0.15, -0.1) is 11.3 Å². The number of hydrogen-bond acceptors (Lipinski definition) is 5. The van der Waals surface area contributed by atoms with Crippen LogP contribution >= 0.6 is 11.3 Å². The van der Waals surface area contributed by atoms with Crippen LogP contribution in [0, 0.1) is 11.3 Å². The SMILES string of the molecule is COc1cc(C#N)ccc1OCc1cscn1. The molecule has 0 aliphatic heterocycles. The van der Waals surface area contributed by atoms with Crippen molar-refractivity contribution in [2.24, 2.45) is 0 Å². The van der Waals surface area contributed by atoms with Crippen molar-refractivity contribution in [1.29, 1.82) is 5.26 Å². The molecule has 4 nitrogen and oxygen atoms in total. The number of ether oxygens (including phenoxy) is 2. The van der Waals surface area contributed by atoms with Gasteiger partial charge in [0.05, 0.1) is 29.9 Å². The van der Waals surface area contributed by atoms with Crippen LogP contribution in [0.15, 0.2) is 29.1 Å². The number of methoxy groups -OCH3 is 1. The molecule has 5 heteroatoms. The van der Waals surface area contributed by atoms with Gasteiger partial charge >= 0.3 is 0 Å². The van der Waals surface area contributed by atoms with Gasteiger partial charge in [-0.2, -0.15) is 5.26 Å². The van der Waals surface area contributed by atoms with Gasteiger partial charge in [0, 0.05) is 11.4 Å². The fourth-order valence-corrected chi connectivity index (χ4v) is 1.86. The standard InChI is InChI=1S/C12H10N2O2S/c1-15-12-4-9(5-13)2-3-11(12)16-6-10-7-17-8-14-10/h2-4,7-8H,6H2,1H3. The molecule has 0 atom stereocenters. The predicted octanol–water partition coefficient (Wildman–Crippen LogP) is 2.60. The van der Waals surface area contributed by atoms with E-state index in [-0.39, 0.29) is 0 Å². The summed E-state index contributed by atoms with van der Waals surface area (Å²) in [5.74, 6) is 1.17. The summed E-state index contributed by atoms with van der Waals surface area (Å²) in [4.78, 5) is 4.12. The van der Waals surface area contributed by atoms with Gasteiger partial charge in [0.1, 0.15) is 6.61 Å². The lowest BCUT2D eigenvalue weighted by Gasteiger charge is -2.09. The largest absolute Gasteiger partial charge is 0.493 e. The molecule has 0 N–H and O–H groups in total. The van der Waals surface area contributed by atoms with E-state index < -0.39 is 0 Å². The van der Waals surface area contributed by atoms with Crippen molar-refractivity contribution in [2.75, 3.05) is 7.11 Å². The van der Waals surface area contributed by atoms with Crippen molar-refractivity contribution in [1.82, 2.24) is 4.98 Å². The van der Waals surface area contributed by atoms with E-state index >= 15 is 0 Å². The van der Waals surface area contributed by atoms with E-state index in [1.165, 1.54) is 11.3 Å². The first-order valence-electron chi connectivity index (χ1n) is 4.91. The Labute approximate surface area is 103 Å². The molecule has 0 bridgehead atoms. The fourth-order valence-electron chi connectivity index (χ4n) is 1.32. The molecule has 0 saturated carbocycles. The lowest BCUT2D eigenvalue weighted by atomic mass is 10.2. The first kappa shape index (κ1) is 11.4. The van der Waals surface area contributed by atoms with Gasteiger partial charge in [0.15, 0.2) is 11.5 Å². The highest BCUT2D eigenvalue weighted by atomic mass is 32.1. The molecular weight excluding hydrogens is 236 g/mol. The molecule has 0 aliphatic carbocycles. The summed E-state index contributed by atoms with van der Waals surface area (Å²) in [5.41, 5.74) is 3.18. The van der Waals surface area contributed by atoms with Gasteiger partial charge in [0.2, 0.25) is 0 Å². The van der Waals surface area contributed by atoms with Crippen LogP contribution in [0.3, 0.4) is 0 Å². The quantitative estimate of drug-likeness (QED) is 0.832. The second-order valence-corrected chi connectivity index (χ2v) is 3.96. The number of thiazole rings is 1. The van der Waals surface area contributed by atoms with Crippen molar-refractivity contribution in [3.63, 3.8) is 0 Å². The molecule has 17 heavy (non-hydrogen) atoms. The average molecular weight is 246 g/mol. The van der Waals surface area contributed by atoms with Gasteiger partial charge in [-0.1, -0.05) is 0 Å². The van der Waals surface area contributed by atoms with Crippen molar-refractivity contribution in [2.45, 2.75) is 6.61 Å². The Bertz CT molecular complexity index is 532. The highest BCUT2D eigenvalue weighted by Crippen LogP contribution is 2.28. The second-order valence-electron chi connectivity index (χ2n) is 3.25. The zero-order valence-corrected chi connectivity index (χ0v) is 10.0. The summed E-state index contributed by atoms with van der Waals surface area (Å²) in [6.07, 6.45) is 0. The maximum Gasteiger partial charge on any atom is 0.162 e. The first-order valence-corrected chi connectivity index (χ1v) is 5.86. The molecule has 1 aromatic carbocycles. The monoisotopic (exact) mass is 246 g/mol. The van der Waals surface area contributed by atoms with Crippen LogP contribution in [0.1, 0.15) is 11.3 Å². The molecule has 0 unspecified atom stereocenters. The summed E-state index contributed by atoms with van der Waals surface area (Å²) < 4.78 is 10.7. The van der Waals surface area contributed by atoms with Gasteiger partial charge in [-0.05, 0) is 12.1 Å². The lowest BCUT2D eigenvalue weighted by Crippen LogP contribution is -1.98. The number of benzene rings is 1. The molecule has 1 heterocycles. The Balaban J connectivity index is 2.13. The second kappa shape index (κ2) is 5.32. The lowest BCUT2D eigenvalue weighted by molar-refractivity contribution is 0.281. The van der Waals surface area contributed by atoms with E-state index in [0.29, 0.717) is 23.7 Å². The predicted molar refractivity (Wildman–Crippen MR) is 64.2 cm³/mol. The van der Waals surface area contributed by atoms with Crippen LogP contribution in [0.2, 0.25) is 0 Å². The molecule has 0 radical (unpaired) electrons. The van der Waals surface area contributed by atoms with Crippen molar-refractivity contribution in [3.8, 4) is 17.6 Å². The molecule has 2 aromatic rings. The highest BCUT2D eigenvalue weighted by molar-refractivity contribution is 7.07. The Kier molecular flexibility index (Phi) is 3.58. The Morgan fingerprint density at radius 3 is 2.94 bits per heavy atom. The zero-order chi connectivity index (χ0) is 12.1. The van der Waals surface area contributed by atoms with E-state index in [9.17, 15) is 0 Å². The molecule has 0 spiro atoms. The highest BCUT2D eigenvalue weighted by Gasteiger charge is 2.06. The minimum absolute atomic E-state index is 0.395. The van der Waals surface area contributed by atoms with Gasteiger partial charge in [-0.3, -0.25) is 0 Å². The smallest absolute Gasteiger partial charge is 0.162 e. The molecule has 1 aromatic heterocycles. The van der Waals surface area contributed by atoms with Crippen molar-refractivity contribution >= 4 is 11.3 Å². The van der Waals surface area contributed by atoms with E-state index in [1.807, 2.05) is 5.38 Å². The molecule has 0 saturated heterocycles. The molecule has 86 valence electrons. The summed E-state index contributed by atoms with van der Waals surface area (Å²) in [5, 5.41) is 10.7. The van der Waals surface area contributed by atoms with Crippen LogP contribution in [0.5, 0.6) is 11.5 Å². The number of nitrogens with zero attached hydrogens (tertiary/aromatic N) is 2.